The Morgan fingerprint density at radius 3 is 2.95 bits per heavy atom. The fourth-order valence-corrected chi connectivity index (χ4v) is 3.88. The van der Waals surface area contributed by atoms with Crippen LogP contribution in [0.5, 0.6) is 0 Å². The second-order valence-electron chi connectivity index (χ2n) is 4.62. The smallest absolute Gasteiger partial charge is 0.314 e. The molecule has 1 atom stereocenters. The number of aromatic nitrogens is 1. The maximum absolute atomic E-state index is 12.5. The number of ketones is 1. The van der Waals surface area contributed by atoms with Crippen molar-refractivity contribution >= 4 is 39.0 Å². The van der Waals surface area contributed by atoms with Crippen LogP contribution in [0.3, 0.4) is 0 Å². The molecule has 0 N–H and O–H groups in total. The molecule has 0 spiro atoms. The molecule has 0 aromatic carbocycles. The van der Waals surface area contributed by atoms with Gasteiger partial charge in [0.05, 0.1) is 13.0 Å². The van der Waals surface area contributed by atoms with Gasteiger partial charge in [-0.2, -0.15) is 11.3 Å². The first kappa shape index (κ1) is 13.6. The summed E-state index contributed by atoms with van der Waals surface area (Å²) in [5.74, 6) is -0.543. The maximum Gasteiger partial charge on any atom is 0.314 e. The fraction of sp³-hybridized carbons (Fsp3) is 0.286. The highest BCUT2D eigenvalue weighted by Crippen LogP contribution is 2.36. The molecular formula is C14H12BrNO3S. The average molecular weight is 354 g/mol. The van der Waals surface area contributed by atoms with Gasteiger partial charge in [0.1, 0.15) is 5.69 Å². The summed E-state index contributed by atoms with van der Waals surface area (Å²) in [6.45, 7) is 0.659. The molecule has 1 aliphatic heterocycles. The largest absolute Gasteiger partial charge is 0.469 e. The Bertz CT molecular complexity index is 675. The Morgan fingerprint density at radius 1 is 1.50 bits per heavy atom. The first-order valence-corrected chi connectivity index (χ1v) is 7.90. The van der Waals surface area contributed by atoms with Crippen LogP contribution >= 0.6 is 27.3 Å². The number of halogens is 1. The van der Waals surface area contributed by atoms with Crippen molar-refractivity contribution in [3.05, 3.63) is 44.3 Å². The highest BCUT2D eigenvalue weighted by atomic mass is 79.9. The number of hydrogen-bond donors (Lipinski definition) is 0. The van der Waals surface area contributed by atoms with Crippen molar-refractivity contribution in [3.63, 3.8) is 0 Å². The molecule has 0 aliphatic carbocycles. The summed E-state index contributed by atoms with van der Waals surface area (Å²) in [6.07, 6.45) is 0.680. The molecule has 4 nitrogen and oxygen atoms in total. The number of nitrogens with zero attached hydrogens (tertiary/aromatic N) is 1. The van der Waals surface area contributed by atoms with Crippen molar-refractivity contribution in [1.82, 2.24) is 4.57 Å². The van der Waals surface area contributed by atoms with Crippen LogP contribution in [0.25, 0.3) is 0 Å². The molecule has 0 fully saturated rings. The van der Waals surface area contributed by atoms with E-state index >= 15 is 0 Å². The van der Waals surface area contributed by atoms with Gasteiger partial charge in [-0.3, -0.25) is 9.59 Å². The minimum Gasteiger partial charge on any atom is -0.469 e. The van der Waals surface area contributed by atoms with Gasteiger partial charge in [-0.05, 0) is 39.9 Å². The van der Waals surface area contributed by atoms with Crippen LogP contribution in [-0.2, 0) is 16.1 Å². The van der Waals surface area contributed by atoms with Crippen LogP contribution in [-0.4, -0.2) is 23.4 Å². The molecule has 0 saturated carbocycles. The second kappa shape index (κ2) is 5.18. The van der Waals surface area contributed by atoms with Crippen molar-refractivity contribution < 1.29 is 14.3 Å². The normalized spacial score (nSPS) is 17.0. The maximum atomic E-state index is 12.5. The van der Waals surface area contributed by atoms with E-state index in [-0.39, 0.29) is 17.7 Å². The third-order valence-corrected chi connectivity index (χ3v) is 4.85. The SMILES string of the molecule is COC(=O)C1CCn2c1cc(Br)c2C(=O)c1ccsc1. The van der Waals surface area contributed by atoms with Crippen molar-refractivity contribution in [1.29, 1.82) is 0 Å². The van der Waals surface area contributed by atoms with Crippen LogP contribution in [0.1, 0.15) is 34.1 Å². The first-order chi connectivity index (χ1) is 9.63. The van der Waals surface area contributed by atoms with E-state index in [2.05, 4.69) is 15.9 Å². The molecule has 2 aromatic rings. The van der Waals surface area contributed by atoms with Gasteiger partial charge in [0.15, 0.2) is 0 Å². The zero-order chi connectivity index (χ0) is 14.3. The molecule has 20 heavy (non-hydrogen) atoms. The predicted molar refractivity (Wildman–Crippen MR) is 79.3 cm³/mol. The topological polar surface area (TPSA) is 48.3 Å². The standard InChI is InChI=1S/C14H12BrNO3S/c1-19-14(18)9-2-4-16-11(9)6-10(15)12(16)13(17)8-3-5-20-7-8/h3,5-7,9H,2,4H2,1H3. The molecule has 2 aromatic heterocycles. The number of fused-ring (bicyclic) bond motifs is 1. The monoisotopic (exact) mass is 353 g/mol. The number of methoxy groups -OCH3 is 1. The quantitative estimate of drug-likeness (QED) is 0.628. The van der Waals surface area contributed by atoms with E-state index in [1.54, 1.807) is 0 Å². The van der Waals surface area contributed by atoms with Gasteiger partial charge in [-0.1, -0.05) is 0 Å². The summed E-state index contributed by atoms with van der Waals surface area (Å²) in [5.41, 5.74) is 2.14. The van der Waals surface area contributed by atoms with Crippen molar-refractivity contribution in [2.45, 2.75) is 18.9 Å². The summed E-state index contributed by atoms with van der Waals surface area (Å²) in [7, 11) is 1.39. The zero-order valence-corrected chi connectivity index (χ0v) is 13.2. The summed E-state index contributed by atoms with van der Waals surface area (Å²) in [4.78, 5) is 24.3. The van der Waals surface area contributed by atoms with Gasteiger partial charge in [0.2, 0.25) is 5.78 Å². The number of rotatable bonds is 3. The summed E-state index contributed by atoms with van der Waals surface area (Å²) in [5, 5.41) is 3.72. The van der Waals surface area contributed by atoms with E-state index in [4.69, 9.17) is 4.74 Å². The van der Waals surface area contributed by atoms with E-state index in [1.165, 1.54) is 18.4 Å². The Hall–Kier alpha value is -1.40. The third-order valence-electron chi connectivity index (χ3n) is 3.56. The number of ether oxygens (including phenoxy) is 1. The third kappa shape index (κ3) is 2.03. The first-order valence-electron chi connectivity index (χ1n) is 6.17. The van der Waals surface area contributed by atoms with Gasteiger partial charge in [-0.15, -0.1) is 0 Å². The molecular weight excluding hydrogens is 342 g/mol. The van der Waals surface area contributed by atoms with Gasteiger partial charge in [0.25, 0.3) is 0 Å². The van der Waals surface area contributed by atoms with Gasteiger partial charge in [-0.25, -0.2) is 0 Å². The molecule has 0 saturated heterocycles. The second-order valence-corrected chi connectivity index (χ2v) is 6.26. The lowest BCUT2D eigenvalue weighted by atomic mass is 10.1. The van der Waals surface area contributed by atoms with E-state index in [0.29, 0.717) is 24.2 Å². The predicted octanol–water partition coefficient (Wildman–Crippen LogP) is 3.20. The van der Waals surface area contributed by atoms with Gasteiger partial charge in [0, 0.05) is 27.7 Å². The van der Waals surface area contributed by atoms with Gasteiger partial charge >= 0.3 is 5.97 Å². The molecule has 3 heterocycles. The van der Waals surface area contributed by atoms with Crippen molar-refractivity contribution in [3.8, 4) is 0 Å². The minimum absolute atomic E-state index is 0.0186. The average Bonchev–Trinajstić information content (AvgIpc) is 3.12. The highest BCUT2D eigenvalue weighted by Gasteiger charge is 2.34. The molecule has 0 bridgehead atoms. The molecule has 1 unspecified atom stereocenters. The van der Waals surface area contributed by atoms with Crippen LogP contribution in [0.2, 0.25) is 0 Å². The lowest BCUT2D eigenvalue weighted by Crippen LogP contribution is -2.11. The number of thiophene rings is 1. The highest BCUT2D eigenvalue weighted by molar-refractivity contribution is 9.10. The molecule has 6 heteroatoms. The number of carbonyl (C=O) groups excluding carboxylic acids is 2. The van der Waals surface area contributed by atoms with E-state index in [1.807, 2.05) is 27.5 Å². The fourth-order valence-electron chi connectivity index (χ4n) is 2.61. The zero-order valence-electron chi connectivity index (χ0n) is 10.8. The van der Waals surface area contributed by atoms with Gasteiger partial charge < -0.3 is 9.30 Å². The number of hydrogen-bond acceptors (Lipinski definition) is 4. The van der Waals surface area contributed by atoms with E-state index in [9.17, 15) is 9.59 Å². The molecule has 3 rings (SSSR count). The summed E-state index contributed by atoms with van der Waals surface area (Å²) >= 11 is 4.93. The van der Waals surface area contributed by atoms with Crippen molar-refractivity contribution in [2.24, 2.45) is 0 Å². The lowest BCUT2D eigenvalue weighted by Gasteiger charge is -2.06. The van der Waals surface area contributed by atoms with Crippen LogP contribution in [0.4, 0.5) is 0 Å². The summed E-state index contributed by atoms with van der Waals surface area (Å²) < 4.78 is 7.48. The van der Waals surface area contributed by atoms with E-state index in [0.717, 1.165) is 10.2 Å². The van der Waals surface area contributed by atoms with E-state index < -0.39 is 0 Å². The Kier molecular flexibility index (Phi) is 3.52. The van der Waals surface area contributed by atoms with Crippen LogP contribution < -0.4 is 0 Å². The van der Waals surface area contributed by atoms with Crippen molar-refractivity contribution in [2.75, 3.05) is 7.11 Å². The molecule has 104 valence electrons. The number of esters is 1. The minimum atomic E-state index is -0.277. The van der Waals surface area contributed by atoms with Crippen LogP contribution in [0.15, 0.2) is 27.4 Å². The number of carbonyl (C=O) groups is 2. The molecule has 0 amide bonds. The Balaban J connectivity index is 2.03. The Morgan fingerprint density at radius 2 is 2.30 bits per heavy atom. The lowest BCUT2D eigenvalue weighted by molar-refractivity contribution is -0.142. The summed E-state index contributed by atoms with van der Waals surface area (Å²) in [6, 6.07) is 3.67. The molecule has 1 aliphatic rings. The Labute approximate surface area is 128 Å². The molecule has 0 radical (unpaired) electrons. The van der Waals surface area contributed by atoms with Crippen LogP contribution in [0, 0.1) is 0 Å².